The Balaban J connectivity index is 1.53. The molecule has 1 saturated heterocycles. The first-order chi connectivity index (χ1) is 14.9. The van der Waals surface area contributed by atoms with Gasteiger partial charge >= 0.3 is 11.9 Å². The molecule has 1 aliphatic rings. The fourth-order valence-electron chi connectivity index (χ4n) is 3.49. The zero-order valence-corrected chi connectivity index (χ0v) is 18.6. The van der Waals surface area contributed by atoms with Gasteiger partial charge in [-0.25, -0.2) is 4.79 Å². The highest BCUT2D eigenvalue weighted by atomic mass is 35.5. The van der Waals surface area contributed by atoms with Gasteiger partial charge in [-0.2, -0.15) is 0 Å². The number of hydrogen-bond donors (Lipinski definition) is 2. The van der Waals surface area contributed by atoms with Crippen LogP contribution >= 0.6 is 22.9 Å². The first-order valence-electron chi connectivity index (χ1n) is 9.78. The van der Waals surface area contributed by atoms with Gasteiger partial charge in [-0.3, -0.25) is 14.5 Å². The van der Waals surface area contributed by atoms with Crippen LogP contribution in [0.3, 0.4) is 0 Å². The van der Waals surface area contributed by atoms with Crippen LogP contribution in [0, 0.1) is 5.92 Å². The van der Waals surface area contributed by atoms with Crippen LogP contribution in [0.4, 0.5) is 11.4 Å². The molecule has 2 N–H and O–H groups in total. The minimum Gasteiger partial charge on any atom is -0.481 e. The molecule has 10 heteroatoms. The van der Waals surface area contributed by atoms with E-state index in [9.17, 15) is 19.5 Å². The molecule has 31 heavy (non-hydrogen) atoms. The quantitative estimate of drug-likeness (QED) is 0.578. The molecular formula is C21H24ClN3O5S. The van der Waals surface area contributed by atoms with Gasteiger partial charge in [0.05, 0.1) is 18.7 Å². The van der Waals surface area contributed by atoms with Crippen molar-refractivity contribution in [3.8, 4) is 0 Å². The SMILES string of the molecule is COC(=O)c1sccc1NC(=O)CC(CN1CCN(c2cccc(Cl)c2)CC1)C(=O)O. The van der Waals surface area contributed by atoms with Crippen LogP contribution in [0.15, 0.2) is 35.7 Å². The van der Waals surface area contributed by atoms with Gasteiger partial charge in [0.1, 0.15) is 4.88 Å². The Bertz CT molecular complexity index is 943. The lowest BCUT2D eigenvalue weighted by molar-refractivity contribution is -0.144. The van der Waals surface area contributed by atoms with E-state index in [2.05, 4.69) is 15.1 Å². The molecule has 2 aromatic rings. The Morgan fingerprint density at radius 1 is 1.23 bits per heavy atom. The second kappa shape index (κ2) is 10.6. The van der Waals surface area contributed by atoms with E-state index in [1.54, 1.807) is 11.4 Å². The largest absolute Gasteiger partial charge is 0.481 e. The van der Waals surface area contributed by atoms with Crippen LogP contribution in [0.5, 0.6) is 0 Å². The number of piperazine rings is 1. The van der Waals surface area contributed by atoms with E-state index >= 15 is 0 Å². The molecule has 1 aliphatic heterocycles. The van der Waals surface area contributed by atoms with E-state index < -0.39 is 23.8 Å². The number of carboxylic acids is 1. The third-order valence-electron chi connectivity index (χ3n) is 5.12. The lowest BCUT2D eigenvalue weighted by Crippen LogP contribution is -2.48. The van der Waals surface area contributed by atoms with Crippen molar-refractivity contribution in [3.63, 3.8) is 0 Å². The normalized spacial score (nSPS) is 15.4. The number of esters is 1. The monoisotopic (exact) mass is 465 g/mol. The smallest absolute Gasteiger partial charge is 0.350 e. The number of nitrogens with zero attached hydrogens (tertiary/aromatic N) is 2. The van der Waals surface area contributed by atoms with E-state index in [0.29, 0.717) is 23.8 Å². The average Bonchev–Trinajstić information content (AvgIpc) is 3.21. The van der Waals surface area contributed by atoms with Crippen LogP contribution in [-0.4, -0.2) is 67.7 Å². The van der Waals surface area contributed by atoms with E-state index in [1.807, 2.05) is 24.3 Å². The number of thiophene rings is 1. The van der Waals surface area contributed by atoms with Crippen molar-refractivity contribution in [3.05, 3.63) is 45.6 Å². The van der Waals surface area contributed by atoms with Gasteiger partial charge in [0.2, 0.25) is 5.91 Å². The van der Waals surface area contributed by atoms with E-state index in [1.165, 1.54) is 7.11 Å². The van der Waals surface area contributed by atoms with E-state index in [0.717, 1.165) is 30.1 Å². The number of benzene rings is 1. The van der Waals surface area contributed by atoms with Gasteiger partial charge in [-0.15, -0.1) is 11.3 Å². The molecule has 0 saturated carbocycles. The Labute approximate surface area is 189 Å². The fourth-order valence-corrected chi connectivity index (χ4v) is 4.44. The number of carboxylic acid groups (broad SMARTS) is 1. The number of rotatable bonds is 8. The number of hydrogen-bond acceptors (Lipinski definition) is 7. The number of carbonyl (C=O) groups is 3. The second-order valence-corrected chi connectivity index (χ2v) is 8.56. The van der Waals surface area contributed by atoms with Gasteiger partial charge in [0.15, 0.2) is 0 Å². The number of anilines is 2. The number of nitrogens with one attached hydrogen (secondary N) is 1. The van der Waals surface area contributed by atoms with Crippen molar-refractivity contribution in [2.45, 2.75) is 6.42 Å². The maximum Gasteiger partial charge on any atom is 0.350 e. The van der Waals surface area contributed by atoms with Crippen molar-refractivity contribution in [2.75, 3.05) is 50.1 Å². The number of amides is 1. The third kappa shape index (κ3) is 6.19. The summed E-state index contributed by atoms with van der Waals surface area (Å²) in [5.74, 6) is -2.87. The maximum atomic E-state index is 12.4. The van der Waals surface area contributed by atoms with Gasteiger partial charge < -0.3 is 20.1 Å². The Hall–Kier alpha value is -2.62. The van der Waals surface area contributed by atoms with Gasteiger partial charge in [-0.1, -0.05) is 17.7 Å². The van der Waals surface area contributed by atoms with Crippen LogP contribution in [0.2, 0.25) is 5.02 Å². The molecule has 8 nitrogen and oxygen atoms in total. The molecule has 1 atom stereocenters. The average molecular weight is 466 g/mol. The molecule has 1 fully saturated rings. The van der Waals surface area contributed by atoms with Gasteiger partial charge in [0, 0.05) is 49.9 Å². The predicted molar refractivity (Wildman–Crippen MR) is 120 cm³/mol. The predicted octanol–water partition coefficient (Wildman–Crippen LogP) is 3.04. The van der Waals surface area contributed by atoms with E-state index in [-0.39, 0.29) is 17.8 Å². The van der Waals surface area contributed by atoms with Crippen molar-refractivity contribution in [1.29, 1.82) is 0 Å². The van der Waals surface area contributed by atoms with Crippen LogP contribution in [-0.2, 0) is 14.3 Å². The van der Waals surface area contributed by atoms with Crippen molar-refractivity contribution >= 4 is 52.2 Å². The molecule has 0 bridgehead atoms. The molecular weight excluding hydrogens is 442 g/mol. The van der Waals surface area contributed by atoms with Crippen molar-refractivity contribution in [1.82, 2.24) is 4.90 Å². The molecule has 1 unspecified atom stereocenters. The van der Waals surface area contributed by atoms with Crippen LogP contribution in [0.1, 0.15) is 16.1 Å². The minimum atomic E-state index is -1.02. The highest BCUT2D eigenvalue weighted by Gasteiger charge is 2.27. The summed E-state index contributed by atoms with van der Waals surface area (Å²) < 4.78 is 4.69. The summed E-state index contributed by atoms with van der Waals surface area (Å²) in [6.45, 7) is 3.15. The summed E-state index contributed by atoms with van der Waals surface area (Å²) in [5, 5.41) is 14.6. The molecule has 1 aromatic heterocycles. The number of carbonyl (C=O) groups excluding carboxylic acids is 2. The molecule has 0 aliphatic carbocycles. The highest BCUT2D eigenvalue weighted by molar-refractivity contribution is 7.12. The highest BCUT2D eigenvalue weighted by Crippen LogP contribution is 2.24. The standard InChI is InChI=1S/C21H24ClN3O5S/c1-30-21(29)19-17(5-10-31-19)23-18(26)11-14(20(27)28)13-24-6-8-25(9-7-24)16-4-2-3-15(22)12-16/h2-5,10,12,14H,6-9,11,13H2,1H3,(H,23,26)(H,27,28). The molecule has 0 radical (unpaired) electrons. The Morgan fingerprint density at radius 3 is 2.61 bits per heavy atom. The molecule has 1 aromatic carbocycles. The topological polar surface area (TPSA) is 99.2 Å². The summed E-state index contributed by atoms with van der Waals surface area (Å²) >= 11 is 7.22. The van der Waals surface area contributed by atoms with Crippen molar-refractivity contribution in [2.24, 2.45) is 5.92 Å². The summed E-state index contributed by atoms with van der Waals surface area (Å²) in [6.07, 6.45) is -0.180. The summed E-state index contributed by atoms with van der Waals surface area (Å²) in [7, 11) is 1.26. The maximum absolute atomic E-state index is 12.4. The summed E-state index contributed by atoms with van der Waals surface area (Å²) in [5.41, 5.74) is 1.37. The molecule has 1 amide bonds. The lowest BCUT2D eigenvalue weighted by atomic mass is 10.0. The number of halogens is 1. The van der Waals surface area contributed by atoms with E-state index in [4.69, 9.17) is 16.3 Å². The summed E-state index contributed by atoms with van der Waals surface area (Å²) in [4.78, 5) is 40.5. The molecule has 3 rings (SSSR count). The first kappa shape index (κ1) is 23.1. The molecule has 2 heterocycles. The Morgan fingerprint density at radius 2 is 1.97 bits per heavy atom. The molecule has 166 valence electrons. The third-order valence-corrected chi connectivity index (χ3v) is 6.24. The van der Waals surface area contributed by atoms with Crippen LogP contribution in [0.25, 0.3) is 0 Å². The number of aliphatic carboxylic acids is 1. The zero-order valence-electron chi connectivity index (χ0n) is 17.0. The van der Waals surface area contributed by atoms with Gasteiger partial charge in [0.25, 0.3) is 0 Å². The Kier molecular flexibility index (Phi) is 7.89. The number of methoxy groups -OCH3 is 1. The summed E-state index contributed by atoms with van der Waals surface area (Å²) in [6, 6.07) is 9.24. The zero-order chi connectivity index (χ0) is 22.4. The van der Waals surface area contributed by atoms with Gasteiger partial charge in [-0.05, 0) is 29.6 Å². The first-order valence-corrected chi connectivity index (χ1v) is 11.0. The van der Waals surface area contributed by atoms with Crippen LogP contribution < -0.4 is 10.2 Å². The minimum absolute atomic E-state index is 0.180. The van der Waals surface area contributed by atoms with Crippen molar-refractivity contribution < 1.29 is 24.2 Å². The second-order valence-electron chi connectivity index (χ2n) is 7.21. The lowest BCUT2D eigenvalue weighted by Gasteiger charge is -2.37. The molecule has 0 spiro atoms. The number of ether oxygens (including phenoxy) is 1. The fraction of sp³-hybridized carbons (Fsp3) is 0.381.